The van der Waals surface area contributed by atoms with E-state index in [1.807, 2.05) is 20.8 Å². The van der Waals surface area contributed by atoms with Crippen molar-refractivity contribution in [3.8, 4) is 0 Å². The van der Waals surface area contributed by atoms with Crippen molar-refractivity contribution in [2.45, 2.75) is 38.8 Å². The Kier molecular flexibility index (Phi) is 4.43. The van der Waals surface area contributed by atoms with Gasteiger partial charge in [-0.3, -0.25) is 0 Å². The van der Waals surface area contributed by atoms with Crippen molar-refractivity contribution in [2.24, 2.45) is 0 Å². The molecular formula is C12H23N3O3. The maximum Gasteiger partial charge on any atom is 0.407 e. The van der Waals surface area contributed by atoms with Crippen LogP contribution in [0, 0.1) is 0 Å². The van der Waals surface area contributed by atoms with Crippen molar-refractivity contribution in [1.29, 1.82) is 0 Å². The average Bonchev–Trinajstić information content (AvgIpc) is 2.61. The largest absolute Gasteiger partial charge is 0.444 e. The zero-order chi connectivity index (χ0) is 13.9. The highest BCUT2D eigenvalue weighted by Gasteiger charge is 2.29. The molecule has 1 heterocycles. The summed E-state index contributed by atoms with van der Waals surface area (Å²) >= 11 is 0. The quantitative estimate of drug-likeness (QED) is 0.769. The lowest BCUT2D eigenvalue weighted by Gasteiger charge is -2.23. The van der Waals surface area contributed by atoms with Crippen LogP contribution in [0.25, 0.3) is 0 Å². The van der Waals surface area contributed by atoms with E-state index in [4.69, 9.17) is 4.74 Å². The number of hydrogen-bond acceptors (Lipinski definition) is 3. The molecule has 0 aliphatic carbocycles. The first-order valence-corrected chi connectivity index (χ1v) is 6.15. The number of urea groups is 1. The van der Waals surface area contributed by atoms with Crippen LogP contribution in [0.4, 0.5) is 9.59 Å². The van der Waals surface area contributed by atoms with Gasteiger partial charge in [0.05, 0.1) is 6.04 Å². The van der Waals surface area contributed by atoms with Crippen LogP contribution in [0.5, 0.6) is 0 Å². The monoisotopic (exact) mass is 257 g/mol. The van der Waals surface area contributed by atoms with Crippen LogP contribution in [-0.2, 0) is 4.74 Å². The maximum absolute atomic E-state index is 11.7. The lowest BCUT2D eigenvalue weighted by Crippen LogP contribution is -2.43. The van der Waals surface area contributed by atoms with Crippen molar-refractivity contribution < 1.29 is 14.3 Å². The average molecular weight is 257 g/mol. The molecule has 0 radical (unpaired) electrons. The smallest absolute Gasteiger partial charge is 0.407 e. The molecule has 104 valence electrons. The highest BCUT2D eigenvalue weighted by Crippen LogP contribution is 2.12. The van der Waals surface area contributed by atoms with Crippen molar-refractivity contribution in [3.63, 3.8) is 0 Å². The summed E-state index contributed by atoms with van der Waals surface area (Å²) in [4.78, 5) is 26.6. The van der Waals surface area contributed by atoms with Crippen LogP contribution in [-0.4, -0.2) is 60.8 Å². The fourth-order valence-corrected chi connectivity index (χ4v) is 1.81. The Labute approximate surface area is 108 Å². The van der Waals surface area contributed by atoms with Gasteiger partial charge in [0.2, 0.25) is 0 Å². The second-order valence-corrected chi connectivity index (χ2v) is 5.75. The molecule has 1 unspecified atom stereocenters. The summed E-state index contributed by atoms with van der Waals surface area (Å²) in [5.41, 5.74) is -0.498. The fraction of sp³-hybridized carbons (Fsp3) is 0.833. The highest BCUT2D eigenvalue weighted by molar-refractivity contribution is 5.74. The third-order valence-electron chi connectivity index (χ3n) is 2.56. The minimum absolute atomic E-state index is 0.0243. The van der Waals surface area contributed by atoms with Crippen LogP contribution < -0.4 is 5.32 Å². The fourth-order valence-electron chi connectivity index (χ4n) is 1.81. The summed E-state index contributed by atoms with van der Waals surface area (Å²) < 4.78 is 5.18. The van der Waals surface area contributed by atoms with E-state index in [2.05, 4.69) is 5.32 Å². The third kappa shape index (κ3) is 4.43. The lowest BCUT2D eigenvalue weighted by atomic mass is 10.2. The van der Waals surface area contributed by atoms with Crippen LogP contribution >= 0.6 is 0 Å². The molecule has 1 rings (SSSR count). The Morgan fingerprint density at radius 2 is 1.94 bits per heavy atom. The summed E-state index contributed by atoms with van der Waals surface area (Å²) in [5.74, 6) is 0. The Hall–Kier alpha value is -1.46. The van der Waals surface area contributed by atoms with Gasteiger partial charge in [0.1, 0.15) is 5.60 Å². The van der Waals surface area contributed by atoms with Crippen molar-refractivity contribution in [3.05, 3.63) is 0 Å². The van der Waals surface area contributed by atoms with Crippen LogP contribution in [0.3, 0.4) is 0 Å². The molecule has 3 amide bonds. The van der Waals surface area contributed by atoms with Gasteiger partial charge in [-0.2, -0.15) is 0 Å². The Morgan fingerprint density at radius 1 is 1.33 bits per heavy atom. The number of carbonyl (C=O) groups excluding carboxylic acids is 2. The molecule has 0 aromatic rings. The van der Waals surface area contributed by atoms with Gasteiger partial charge in [-0.05, 0) is 27.2 Å². The van der Waals surface area contributed by atoms with Gasteiger partial charge >= 0.3 is 12.1 Å². The third-order valence-corrected chi connectivity index (χ3v) is 2.56. The molecule has 0 bridgehead atoms. The molecule has 1 aliphatic rings. The number of ether oxygens (including phenoxy) is 1. The second-order valence-electron chi connectivity index (χ2n) is 5.75. The second kappa shape index (κ2) is 5.46. The first-order valence-electron chi connectivity index (χ1n) is 6.15. The molecule has 1 atom stereocenters. The van der Waals surface area contributed by atoms with Crippen molar-refractivity contribution in [2.75, 3.05) is 27.2 Å². The van der Waals surface area contributed by atoms with Crippen molar-refractivity contribution in [1.82, 2.24) is 15.1 Å². The number of alkyl carbamates (subject to hydrolysis) is 1. The van der Waals surface area contributed by atoms with E-state index in [0.717, 1.165) is 6.42 Å². The number of likely N-dealkylation sites (tertiary alicyclic amines) is 1. The lowest BCUT2D eigenvalue weighted by molar-refractivity contribution is 0.0506. The van der Waals surface area contributed by atoms with Gasteiger partial charge in [-0.1, -0.05) is 0 Å². The molecule has 1 fully saturated rings. The van der Waals surface area contributed by atoms with E-state index >= 15 is 0 Å². The van der Waals surface area contributed by atoms with Gasteiger partial charge in [0, 0.05) is 27.2 Å². The van der Waals surface area contributed by atoms with E-state index in [-0.39, 0.29) is 12.1 Å². The number of nitrogens with zero attached hydrogens (tertiary/aromatic N) is 2. The molecule has 0 spiro atoms. The van der Waals surface area contributed by atoms with E-state index < -0.39 is 11.7 Å². The number of amides is 3. The van der Waals surface area contributed by atoms with Crippen LogP contribution in [0.1, 0.15) is 27.2 Å². The minimum atomic E-state index is -0.498. The SMILES string of the molecule is CN(C)C(=O)N1CCC(NC(=O)OC(C)(C)C)C1. The molecule has 6 heteroatoms. The van der Waals surface area contributed by atoms with Gasteiger partial charge in [0.15, 0.2) is 0 Å². The Morgan fingerprint density at radius 3 is 2.44 bits per heavy atom. The van der Waals surface area contributed by atoms with Gasteiger partial charge in [-0.25, -0.2) is 9.59 Å². The van der Waals surface area contributed by atoms with E-state index in [1.165, 1.54) is 4.90 Å². The number of nitrogens with one attached hydrogen (secondary N) is 1. The number of carbonyl (C=O) groups is 2. The Bertz CT molecular complexity index is 323. The molecule has 1 N–H and O–H groups in total. The molecule has 1 saturated heterocycles. The molecule has 0 saturated carbocycles. The predicted molar refractivity (Wildman–Crippen MR) is 68.4 cm³/mol. The molecule has 0 aromatic carbocycles. The standard InChI is InChI=1S/C12H23N3O3/c1-12(2,3)18-10(16)13-9-6-7-15(8-9)11(17)14(4)5/h9H,6-8H2,1-5H3,(H,13,16). The summed E-state index contributed by atoms with van der Waals surface area (Å²) in [5, 5.41) is 2.79. The number of rotatable bonds is 1. The molecule has 6 nitrogen and oxygen atoms in total. The molecular weight excluding hydrogens is 234 g/mol. The Balaban J connectivity index is 2.39. The zero-order valence-corrected chi connectivity index (χ0v) is 11.8. The van der Waals surface area contributed by atoms with E-state index in [0.29, 0.717) is 13.1 Å². The predicted octanol–water partition coefficient (Wildman–Crippen LogP) is 1.27. The first-order chi connectivity index (χ1) is 8.19. The first kappa shape index (κ1) is 14.6. The zero-order valence-electron chi connectivity index (χ0n) is 11.8. The van der Waals surface area contributed by atoms with Gasteiger partial charge < -0.3 is 19.9 Å². The summed E-state index contributed by atoms with van der Waals surface area (Å²) in [6.45, 7) is 6.67. The maximum atomic E-state index is 11.7. The minimum Gasteiger partial charge on any atom is -0.444 e. The van der Waals surface area contributed by atoms with E-state index in [9.17, 15) is 9.59 Å². The van der Waals surface area contributed by atoms with Gasteiger partial charge in [-0.15, -0.1) is 0 Å². The normalized spacial score (nSPS) is 19.6. The number of hydrogen-bond donors (Lipinski definition) is 1. The summed E-state index contributed by atoms with van der Waals surface area (Å²) in [6.07, 6.45) is 0.338. The molecule has 18 heavy (non-hydrogen) atoms. The van der Waals surface area contributed by atoms with Crippen LogP contribution in [0.2, 0.25) is 0 Å². The topological polar surface area (TPSA) is 61.9 Å². The highest BCUT2D eigenvalue weighted by atomic mass is 16.6. The van der Waals surface area contributed by atoms with Gasteiger partial charge in [0.25, 0.3) is 0 Å². The molecule has 1 aliphatic heterocycles. The van der Waals surface area contributed by atoms with Crippen LogP contribution in [0.15, 0.2) is 0 Å². The summed E-state index contributed by atoms with van der Waals surface area (Å²) in [6, 6.07) is -0.0489. The van der Waals surface area contributed by atoms with E-state index in [1.54, 1.807) is 19.0 Å². The van der Waals surface area contributed by atoms with Crippen molar-refractivity contribution >= 4 is 12.1 Å². The summed E-state index contributed by atoms with van der Waals surface area (Å²) in [7, 11) is 3.44. The molecule has 0 aromatic heterocycles.